The van der Waals surface area contributed by atoms with Crippen LogP contribution in [0.25, 0.3) is 0 Å². The molecule has 0 fully saturated rings. The molecule has 3 heteroatoms. The van der Waals surface area contributed by atoms with Gasteiger partial charge in [-0.25, -0.2) is 0 Å². The van der Waals surface area contributed by atoms with Crippen LogP contribution in [0.15, 0.2) is 18.2 Å². The van der Waals surface area contributed by atoms with E-state index in [0.29, 0.717) is 10.8 Å². The number of halogens is 1. The number of ether oxygens (including phenoxy) is 1. The number of rotatable bonds is 1. The lowest BCUT2D eigenvalue weighted by Gasteiger charge is -1.99. The molecule has 0 spiro atoms. The molecular weight excluding hydrogens is 176 g/mol. The molecule has 0 bridgehead atoms. The summed E-state index contributed by atoms with van der Waals surface area (Å²) in [6.45, 7) is 4.00. The zero-order valence-electron chi connectivity index (χ0n) is 7.47. The minimum atomic E-state index is 0.0717. The normalized spacial score (nSPS) is 8.33. The molecule has 0 aliphatic heterocycles. The van der Waals surface area contributed by atoms with E-state index in [1.54, 1.807) is 19.2 Å². The van der Waals surface area contributed by atoms with Crippen LogP contribution in [-0.2, 0) is 0 Å². The monoisotopic (exact) mass is 188 g/mol. The van der Waals surface area contributed by atoms with Gasteiger partial charge in [0.2, 0.25) is 0 Å². The third kappa shape index (κ3) is 3.01. The Labute approximate surface area is 77.7 Å². The summed E-state index contributed by atoms with van der Waals surface area (Å²) < 4.78 is 4.85. The summed E-state index contributed by atoms with van der Waals surface area (Å²) in [4.78, 5) is 0. The first-order valence-electron chi connectivity index (χ1n) is 3.76. The fraction of sp³-hybridized carbons (Fsp3) is 0.333. The van der Waals surface area contributed by atoms with Crippen LogP contribution in [0.2, 0.25) is 5.02 Å². The van der Waals surface area contributed by atoms with E-state index in [1.165, 1.54) is 6.07 Å². The molecule has 0 aromatic heterocycles. The van der Waals surface area contributed by atoms with Crippen LogP contribution in [0.4, 0.5) is 0 Å². The van der Waals surface area contributed by atoms with Crippen molar-refractivity contribution in [2.45, 2.75) is 13.8 Å². The Morgan fingerprint density at radius 1 is 1.33 bits per heavy atom. The highest BCUT2D eigenvalue weighted by molar-refractivity contribution is 6.32. The molecule has 68 valence electrons. The van der Waals surface area contributed by atoms with Crippen LogP contribution in [0.5, 0.6) is 11.5 Å². The molecule has 1 aromatic rings. The average Bonchev–Trinajstić information content (AvgIpc) is 2.13. The van der Waals surface area contributed by atoms with Crippen LogP contribution in [0.1, 0.15) is 13.8 Å². The summed E-state index contributed by atoms with van der Waals surface area (Å²) in [5.74, 6) is 0.713. The summed E-state index contributed by atoms with van der Waals surface area (Å²) in [6, 6.07) is 4.68. The van der Waals surface area contributed by atoms with Gasteiger partial charge in [0, 0.05) is 6.07 Å². The van der Waals surface area contributed by atoms with Crippen molar-refractivity contribution in [2.75, 3.05) is 7.11 Å². The van der Waals surface area contributed by atoms with E-state index in [1.807, 2.05) is 13.8 Å². The fourth-order valence-corrected chi connectivity index (χ4v) is 0.785. The number of aromatic hydroxyl groups is 1. The van der Waals surface area contributed by atoms with E-state index in [-0.39, 0.29) is 5.75 Å². The van der Waals surface area contributed by atoms with Crippen molar-refractivity contribution in [3.05, 3.63) is 23.2 Å². The highest BCUT2D eigenvalue weighted by Crippen LogP contribution is 2.26. The van der Waals surface area contributed by atoms with Gasteiger partial charge in [-0.1, -0.05) is 25.4 Å². The third-order valence-electron chi connectivity index (χ3n) is 1.15. The number of hydrogen-bond acceptors (Lipinski definition) is 2. The van der Waals surface area contributed by atoms with Gasteiger partial charge in [0.05, 0.1) is 12.1 Å². The van der Waals surface area contributed by atoms with Crippen molar-refractivity contribution in [3.63, 3.8) is 0 Å². The SMILES string of the molecule is CC.COc1ccc(O)c(Cl)c1. The van der Waals surface area contributed by atoms with Crippen LogP contribution in [-0.4, -0.2) is 12.2 Å². The van der Waals surface area contributed by atoms with Gasteiger partial charge in [0.25, 0.3) is 0 Å². The summed E-state index contributed by atoms with van der Waals surface area (Å²) >= 11 is 5.56. The van der Waals surface area contributed by atoms with Crippen molar-refractivity contribution < 1.29 is 9.84 Å². The van der Waals surface area contributed by atoms with E-state index >= 15 is 0 Å². The van der Waals surface area contributed by atoms with Crippen molar-refractivity contribution in [1.82, 2.24) is 0 Å². The molecule has 1 aromatic carbocycles. The molecule has 12 heavy (non-hydrogen) atoms. The molecule has 1 N–H and O–H groups in total. The molecule has 0 aliphatic rings. The quantitative estimate of drug-likeness (QED) is 0.734. The Hall–Kier alpha value is -0.890. The topological polar surface area (TPSA) is 29.5 Å². The summed E-state index contributed by atoms with van der Waals surface area (Å²) in [5.41, 5.74) is 0. The van der Waals surface area contributed by atoms with E-state index in [0.717, 1.165) is 0 Å². The minimum absolute atomic E-state index is 0.0717. The molecule has 1 rings (SSSR count). The van der Waals surface area contributed by atoms with E-state index in [2.05, 4.69) is 0 Å². The van der Waals surface area contributed by atoms with Crippen LogP contribution in [0, 0.1) is 0 Å². The van der Waals surface area contributed by atoms with Gasteiger partial charge in [-0.2, -0.15) is 0 Å². The first kappa shape index (κ1) is 11.1. The van der Waals surface area contributed by atoms with E-state index < -0.39 is 0 Å². The van der Waals surface area contributed by atoms with Gasteiger partial charge in [0.15, 0.2) is 0 Å². The first-order valence-corrected chi connectivity index (χ1v) is 4.14. The Morgan fingerprint density at radius 3 is 2.33 bits per heavy atom. The predicted molar refractivity (Wildman–Crippen MR) is 51.0 cm³/mol. The van der Waals surface area contributed by atoms with Gasteiger partial charge in [0.1, 0.15) is 11.5 Å². The second kappa shape index (κ2) is 5.72. The number of benzene rings is 1. The maximum Gasteiger partial charge on any atom is 0.134 e. The lowest BCUT2D eigenvalue weighted by molar-refractivity contribution is 0.412. The predicted octanol–water partition coefficient (Wildman–Crippen LogP) is 3.08. The molecule has 0 heterocycles. The van der Waals surface area contributed by atoms with Crippen molar-refractivity contribution in [2.24, 2.45) is 0 Å². The maximum absolute atomic E-state index is 8.95. The second-order valence-corrected chi connectivity index (χ2v) is 2.22. The number of phenolic OH excluding ortho intramolecular Hbond substituents is 1. The zero-order valence-corrected chi connectivity index (χ0v) is 8.22. The summed E-state index contributed by atoms with van der Waals surface area (Å²) in [7, 11) is 1.54. The van der Waals surface area contributed by atoms with Gasteiger partial charge >= 0.3 is 0 Å². The standard InChI is InChI=1S/C7H7ClO2.C2H6/c1-10-5-2-3-7(9)6(8)4-5;1-2/h2-4,9H,1H3;1-2H3. The molecule has 0 amide bonds. The number of methoxy groups -OCH3 is 1. The van der Waals surface area contributed by atoms with Crippen molar-refractivity contribution in [1.29, 1.82) is 0 Å². The highest BCUT2D eigenvalue weighted by atomic mass is 35.5. The lowest BCUT2D eigenvalue weighted by atomic mass is 10.3. The molecule has 0 saturated heterocycles. The summed E-state index contributed by atoms with van der Waals surface area (Å²) in [5, 5.41) is 9.26. The molecule has 2 nitrogen and oxygen atoms in total. The molecule has 0 radical (unpaired) electrons. The van der Waals surface area contributed by atoms with Gasteiger partial charge in [-0.05, 0) is 12.1 Å². The zero-order chi connectivity index (χ0) is 9.56. The second-order valence-electron chi connectivity index (χ2n) is 1.82. The third-order valence-corrected chi connectivity index (χ3v) is 1.46. The Kier molecular flexibility index (Phi) is 5.30. The Bertz CT molecular complexity index is 236. The average molecular weight is 189 g/mol. The molecular formula is C9H13ClO2. The fourth-order valence-electron chi connectivity index (χ4n) is 0.615. The summed E-state index contributed by atoms with van der Waals surface area (Å²) in [6.07, 6.45) is 0. The molecule has 0 atom stereocenters. The van der Waals surface area contributed by atoms with Gasteiger partial charge in [-0.3, -0.25) is 0 Å². The Morgan fingerprint density at radius 2 is 1.92 bits per heavy atom. The highest BCUT2D eigenvalue weighted by Gasteiger charge is 1.97. The maximum atomic E-state index is 8.95. The number of phenols is 1. The Balaban J connectivity index is 0.000000561. The van der Waals surface area contributed by atoms with Crippen molar-refractivity contribution >= 4 is 11.6 Å². The van der Waals surface area contributed by atoms with E-state index in [4.69, 9.17) is 21.4 Å². The first-order chi connectivity index (χ1) is 5.74. The largest absolute Gasteiger partial charge is 0.506 e. The molecule has 0 aliphatic carbocycles. The van der Waals surface area contributed by atoms with Gasteiger partial charge in [-0.15, -0.1) is 0 Å². The number of hydrogen-bond donors (Lipinski definition) is 1. The van der Waals surface area contributed by atoms with E-state index in [9.17, 15) is 0 Å². The molecule has 0 unspecified atom stereocenters. The van der Waals surface area contributed by atoms with Crippen LogP contribution >= 0.6 is 11.6 Å². The lowest BCUT2D eigenvalue weighted by Crippen LogP contribution is -1.80. The minimum Gasteiger partial charge on any atom is -0.506 e. The molecule has 0 saturated carbocycles. The van der Waals surface area contributed by atoms with Crippen LogP contribution < -0.4 is 4.74 Å². The van der Waals surface area contributed by atoms with Crippen LogP contribution in [0.3, 0.4) is 0 Å². The van der Waals surface area contributed by atoms with Gasteiger partial charge < -0.3 is 9.84 Å². The smallest absolute Gasteiger partial charge is 0.134 e. The van der Waals surface area contributed by atoms with Crippen molar-refractivity contribution in [3.8, 4) is 11.5 Å².